The molecule has 1 N–H and O–H groups in total. The van der Waals surface area contributed by atoms with E-state index in [2.05, 4.69) is 32.9 Å². The normalized spacial score (nSPS) is 44.3. The van der Waals surface area contributed by atoms with E-state index in [0.717, 1.165) is 18.3 Å². The number of aliphatic hydroxyl groups is 1. The zero-order valence-corrected chi connectivity index (χ0v) is 10.5. The molecule has 2 rings (SSSR count). The lowest BCUT2D eigenvalue weighted by molar-refractivity contribution is 0.177. The third kappa shape index (κ3) is 1.65. The molecule has 0 amide bonds. The van der Waals surface area contributed by atoms with Crippen molar-refractivity contribution in [2.75, 3.05) is 0 Å². The van der Waals surface area contributed by atoms with Gasteiger partial charge in [0.2, 0.25) is 0 Å². The molecule has 2 aliphatic carbocycles. The highest BCUT2D eigenvalue weighted by molar-refractivity contribution is 5.19. The molecule has 86 valence electrons. The molecular formula is C14H24O. The van der Waals surface area contributed by atoms with Crippen LogP contribution >= 0.6 is 0 Å². The van der Waals surface area contributed by atoms with Crippen molar-refractivity contribution in [3.8, 4) is 0 Å². The van der Waals surface area contributed by atoms with E-state index in [-0.39, 0.29) is 6.10 Å². The number of allylic oxidation sites excluding steroid dienone is 1. The van der Waals surface area contributed by atoms with E-state index < -0.39 is 0 Å². The Kier molecular flexibility index (Phi) is 2.50. The molecule has 0 saturated heterocycles. The van der Waals surface area contributed by atoms with Gasteiger partial charge in [-0.05, 0) is 48.9 Å². The number of hydrogen-bond acceptors (Lipinski definition) is 1. The average molecular weight is 208 g/mol. The quantitative estimate of drug-likeness (QED) is 0.705. The van der Waals surface area contributed by atoms with E-state index in [1.807, 2.05) is 6.92 Å². The van der Waals surface area contributed by atoms with Crippen LogP contribution in [0.1, 0.15) is 47.0 Å². The number of fused-ring (bicyclic) bond motifs is 1. The Morgan fingerprint density at radius 1 is 1.40 bits per heavy atom. The monoisotopic (exact) mass is 208 g/mol. The van der Waals surface area contributed by atoms with Crippen LogP contribution < -0.4 is 0 Å². The van der Waals surface area contributed by atoms with Gasteiger partial charge in [0, 0.05) is 0 Å². The van der Waals surface area contributed by atoms with Crippen LogP contribution in [0.15, 0.2) is 12.2 Å². The Morgan fingerprint density at radius 2 is 2.07 bits per heavy atom. The second kappa shape index (κ2) is 3.35. The summed E-state index contributed by atoms with van der Waals surface area (Å²) < 4.78 is 0. The molecule has 0 heterocycles. The first-order chi connectivity index (χ1) is 6.88. The molecule has 4 unspecified atom stereocenters. The van der Waals surface area contributed by atoms with Crippen LogP contribution in [0.2, 0.25) is 0 Å². The number of hydrogen-bond donors (Lipinski definition) is 1. The molecule has 1 nitrogen and oxygen atoms in total. The van der Waals surface area contributed by atoms with Gasteiger partial charge in [-0.15, -0.1) is 0 Å². The van der Waals surface area contributed by atoms with Crippen LogP contribution in [0.4, 0.5) is 0 Å². The van der Waals surface area contributed by atoms with Crippen LogP contribution in [0.3, 0.4) is 0 Å². The lowest BCUT2D eigenvalue weighted by atomic mass is 9.71. The molecule has 0 aliphatic heterocycles. The van der Waals surface area contributed by atoms with E-state index in [1.54, 1.807) is 0 Å². The van der Waals surface area contributed by atoms with Gasteiger partial charge in [-0.25, -0.2) is 0 Å². The van der Waals surface area contributed by atoms with E-state index in [1.165, 1.54) is 12.8 Å². The van der Waals surface area contributed by atoms with E-state index in [0.29, 0.717) is 10.8 Å². The molecule has 15 heavy (non-hydrogen) atoms. The van der Waals surface area contributed by atoms with Crippen LogP contribution in [0.5, 0.6) is 0 Å². The highest BCUT2D eigenvalue weighted by Gasteiger charge is 2.66. The van der Waals surface area contributed by atoms with Crippen molar-refractivity contribution in [3.63, 3.8) is 0 Å². The van der Waals surface area contributed by atoms with Gasteiger partial charge in [-0.3, -0.25) is 0 Å². The molecule has 2 aliphatic rings. The maximum Gasteiger partial charge on any atom is 0.0546 e. The first kappa shape index (κ1) is 11.2. The van der Waals surface area contributed by atoms with Gasteiger partial charge in [-0.2, -0.15) is 0 Å². The Labute approximate surface area is 93.6 Å². The zero-order chi connectivity index (χ0) is 11.3. The van der Waals surface area contributed by atoms with E-state index in [9.17, 15) is 5.11 Å². The SMILES string of the molecule is CC(O)C/C=C/C1CC2CC2(C)C1(C)C. The fourth-order valence-corrected chi connectivity index (χ4v) is 3.37. The molecule has 0 radical (unpaired) electrons. The van der Waals surface area contributed by atoms with Crippen LogP contribution in [-0.4, -0.2) is 11.2 Å². The van der Waals surface area contributed by atoms with Crippen molar-refractivity contribution in [1.82, 2.24) is 0 Å². The maximum absolute atomic E-state index is 9.22. The van der Waals surface area contributed by atoms with Crippen LogP contribution in [0.25, 0.3) is 0 Å². The summed E-state index contributed by atoms with van der Waals surface area (Å²) >= 11 is 0. The van der Waals surface area contributed by atoms with Gasteiger partial charge < -0.3 is 5.11 Å². The second-order valence-corrected chi connectivity index (χ2v) is 6.40. The van der Waals surface area contributed by atoms with Gasteiger partial charge >= 0.3 is 0 Å². The Morgan fingerprint density at radius 3 is 2.53 bits per heavy atom. The van der Waals surface area contributed by atoms with E-state index >= 15 is 0 Å². The fraction of sp³-hybridized carbons (Fsp3) is 0.857. The first-order valence-corrected chi connectivity index (χ1v) is 6.22. The highest BCUT2D eigenvalue weighted by atomic mass is 16.3. The summed E-state index contributed by atoms with van der Waals surface area (Å²) in [7, 11) is 0. The molecule has 0 spiro atoms. The number of rotatable bonds is 3. The maximum atomic E-state index is 9.22. The minimum atomic E-state index is -0.198. The van der Waals surface area contributed by atoms with Crippen molar-refractivity contribution < 1.29 is 5.11 Å². The van der Waals surface area contributed by atoms with Crippen molar-refractivity contribution in [3.05, 3.63) is 12.2 Å². The van der Waals surface area contributed by atoms with Crippen LogP contribution in [-0.2, 0) is 0 Å². The summed E-state index contributed by atoms with van der Waals surface area (Å²) in [5.74, 6) is 1.69. The van der Waals surface area contributed by atoms with Gasteiger partial charge in [0.1, 0.15) is 0 Å². The largest absolute Gasteiger partial charge is 0.393 e. The summed E-state index contributed by atoms with van der Waals surface area (Å²) in [6, 6.07) is 0. The zero-order valence-electron chi connectivity index (χ0n) is 10.5. The molecule has 0 aromatic carbocycles. The predicted molar refractivity (Wildman–Crippen MR) is 63.5 cm³/mol. The highest BCUT2D eigenvalue weighted by Crippen LogP contribution is 2.74. The van der Waals surface area contributed by atoms with Crippen molar-refractivity contribution in [2.24, 2.45) is 22.7 Å². The smallest absolute Gasteiger partial charge is 0.0546 e. The van der Waals surface area contributed by atoms with E-state index in [4.69, 9.17) is 0 Å². The van der Waals surface area contributed by atoms with Gasteiger partial charge in [0.15, 0.2) is 0 Å². The second-order valence-electron chi connectivity index (χ2n) is 6.40. The average Bonchev–Trinajstić information content (AvgIpc) is 2.71. The third-order valence-corrected chi connectivity index (χ3v) is 5.19. The first-order valence-electron chi connectivity index (χ1n) is 6.22. The standard InChI is InChI=1S/C14H24O/c1-10(15)6-5-7-11-8-12-9-14(12,4)13(11,2)3/h5,7,10-12,15H,6,8-9H2,1-4H3/b7-5+. The summed E-state index contributed by atoms with van der Waals surface area (Å²) in [5.41, 5.74) is 1.06. The predicted octanol–water partition coefficient (Wildman–Crippen LogP) is 3.39. The number of aliphatic hydroxyl groups excluding tert-OH is 1. The van der Waals surface area contributed by atoms with Gasteiger partial charge in [0.05, 0.1) is 6.10 Å². The molecular weight excluding hydrogens is 184 g/mol. The topological polar surface area (TPSA) is 20.2 Å². The minimum absolute atomic E-state index is 0.198. The summed E-state index contributed by atoms with van der Waals surface area (Å²) in [6.45, 7) is 9.12. The Balaban J connectivity index is 1.98. The van der Waals surface area contributed by atoms with Crippen molar-refractivity contribution >= 4 is 0 Å². The van der Waals surface area contributed by atoms with Gasteiger partial charge in [-0.1, -0.05) is 32.9 Å². The lowest BCUT2D eigenvalue weighted by Crippen LogP contribution is -2.26. The van der Waals surface area contributed by atoms with Crippen molar-refractivity contribution in [1.29, 1.82) is 0 Å². The van der Waals surface area contributed by atoms with Crippen LogP contribution in [0, 0.1) is 22.7 Å². The fourth-order valence-electron chi connectivity index (χ4n) is 3.37. The molecule has 4 atom stereocenters. The molecule has 2 fully saturated rings. The molecule has 0 aromatic heterocycles. The van der Waals surface area contributed by atoms with Crippen molar-refractivity contribution in [2.45, 2.75) is 53.1 Å². The summed E-state index contributed by atoms with van der Waals surface area (Å²) in [6.07, 6.45) is 7.92. The Hall–Kier alpha value is -0.300. The Bertz CT molecular complexity index is 277. The lowest BCUT2D eigenvalue weighted by Gasteiger charge is -2.33. The molecule has 2 saturated carbocycles. The summed E-state index contributed by atoms with van der Waals surface area (Å²) in [5, 5.41) is 9.22. The molecule has 1 heteroatoms. The minimum Gasteiger partial charge on any atom is -0.393 e. The summed E-state index contributed by atoms with van der Waals surface area (Å²) in [4.78, 5) is 0. The molecule has 0 bridgehead atoms. The van der Waals surface area contributed by atoms with Gasteiger partial charge in [0.25, 0.3) is 0 Å². The third-order valence-electron chi connectivity index (χ3n) is 5.19. The molecule has 0 aromatic rings.